The number of nitrogens with one attached hydrogen (secondary N) is 1. The predicted octanol–water partition coefficient (Wildman–Crippen LogP) is 0.0522. The zero-order valence-corrected chi connectivity index (χ0v) is 18.1. The lowest BCUT2D eigenvalue weighted by Crippen LogP contribution is -2.61. The van der Waals surface area contributed by atoms with Crippen molar-refractivity contribution in [2.24, 2.45) is 5.11 Å². The molecule has 0 fully saturated rings. The normalized spacial score (nSPS) is 21.3. The first-order valence-electron chi connectivity index (χ1n) is 9.26. The highest BCUT2D eigenvalue weighted by molar-refractivity contribution is 5.86. The van der Waals surface area contributed by atoms with E-state index in [2.05, 4.69) is 20.1 Å². The fourth-order valence-corrected chi connectivity index (χ4v) is 2.92. The van der Waals surface area contributed by atoms with Crippen LogP contribution < -0.4 is 5.32 Å². The van der Waals surface area contributed by atoms with Crippen molar-refractivity contribution in [2.45, 2.75) is 58.1 Å². The van der Waals surface area contributed by atoms with Gasteiger partial charge in [0, 0.05) is 32.6 Å². The number of rotatable bonds is 9. The Balaban J connectivity index is 3.57. The van der Waals surface area contributed by atoms with Crippen LogP contribution in [0.4, 0.5) is 0 Å². The van der Waals surface area contributed by atoms with E-state index in [1.54, 1.807) is 0 Å². The van der Waals surface area contributed by atoms with Crippen LogP contribution in [0, 0.1) is 0 Å². The molecule has 0 aliphatic carbocycles. The summed E-state index contributed by atoms with van der Waals surface area (Å²) in [5, 5.41) is 6.07. The Kier molecular flexibility index (Phi) is 9.96. The summed E-state index contributed by atoms with van der Waals surface area (Å²) in [5.74, 6) is -4.27. The van der Waals surface area contributed by atoms with Crippen LogP contribution in [0.2, 0.25) is 0 Å². The highest BCUT2D eigenvalue weighted by Crippen LogP contribution is 2.28. The lowest BCUT2D eigenvalue weighted by molar-refractivity contribution is -0.187. The van der Waals surface area contributed by atoms with Crippen LogP contribution in [0.25, 0.3) is 10.4 Å². The topological polar surface area (TPSA) is 192 Å². The zero-order valence-electron chi connectivity index (χ0n) is 18.1. The monoisotopic (exact) mass is 456 g/mol. The molecule has 1 aliphatic heterocycles. The molecule has 1 N–H and O–H groups in total. The number of azide groups is 1. The molecule has 0 radical (unpaired) electrons. The summed E-state index contributed by atoms with van der Waals surface area (Å²) in [4.78, 5) is 61.4. The van der Waals surface area contributed by atoms with E-state index in [4.69, 9.17) is 24.5 Å². The van der Waals surface area contributed by atoms with Crippen molar-refractivity contribution < 1.29 is 47.7 Å². The Hall–Kier alpha value is -3.80. The number of esters is 4. The number of amides is 1. The molecule has 2 unspecified atom stereocenters. The molecule has 5 atom stereocenters. The Morgan fingerprint density at radius 2 is 1.75 bits per heavy atom. The Bertz CT molecular complexity index is 836. The Morgan fingerprint density at radius 1 is 1.12 bits per heavy atom. The smallest absolute Gasteiger partial charge is 0.372 e. The van der Waals surface area contributed by atoms with E-state index in [-0.39, 0.29) is 0 Å². The number of nitrogens with zero attached hydrogens (tertiary/aromatic N) is 3. The fraction of sp³-hybridized carbons (Fsp3) is 0.611. The zero-order chi connectivity index (χ0) is 24.4. The van der Waals surface area contributed by atoms with Crippen molar-refractivity contribution in [1.82, 2.24) is 5.32 Å². The highest BCUT2D eigenvalue weighted by atomic mass is 16.6. The van der Waals surface area contributed by atoms with E-state index in [0.717, 1.165) is 34.0 Å². The SMILES string of the molecule is COC(=O)C1=C[C@@H](N=[N+]=[N-])[C@@H](NC(C)=O)[C@H](C(OC(C)=O)C(COC(C)=O)OC(C)=O)O1. The molecule has 0 bridgehead atoms. The van der Waals surface area contributed by atoms with Gasteiger partial charge in [-0.3, -0.25) is 19.2 Å². The maximum atomic E-state index is 12.1. The maximum absolute atomic E-state index is 12.1. The average Bonchev–Trinajstić information content (AvgIpc) is 2.69. The summed E-state index contributed by atoms with van der Waals surface area (Å²) < 4.78 is 25.6. The molecule has 0 saturated carbocycles. The second-order valence-corrected chi connectivity index (χ2v) is 6.55. The van der Waals surface area contributed by atoms with Gasteiger partial charge in [-0.05, 0) is 11.6 Å². The number of hydrogen-bond acceptors (Lipinski definition) is 11. The molecular formula is C18H24N4O10. The first kappa shape index (κ1) is 26.2. The summed E-state index contributed by atoms with van der Waals surface area (Å²) in [6.07, 6.45) is -3.19. The summed E-state index contributed by atoms with van der Waals surface area (Å²) in [6, 6.07) is -2.35. The number of carbonyl (C=O) groups excluding carboxylic acids is 5. The van der Waals surface area contributed by atoms with Gasteiger partial charge < -0.3 is 29.0 Å². The predicted molar refractivity (Wildman–Crippen MR) is 103 cm³/mol. The van der Waals surface area contributed by atoms with E-state index < -0.39 is 72.5 Å². The molecule has 14 nitrogen and oxygen atoms in total. The summed E-state index contributed by atoms with van der Waals surface area (Å²) in [7, 11) is 1.08. The third-order valence-corrected chi connectivity index (χ3v) is 4.01. The first-order valence-corrected chi connectivity index (χ1v) is 9.26. The molecule has 0 aromatic rings. The second-order valence-electron chi connectivity index (χ2n) is 6.55. The van der Waals surface area contributed by atoms with E-state index >= 15 is 0 Å². The van der Waals surface area contributed by atoms with Gasteiger partial charge in [0.1, 0.15) is 6.61 Å². The highest BCUT2D eigenvalue weighted by Gasteiger charge is 2.47. The molecule has 0 aromatic heterocycles. The number of methoxy groups -OCH3 is 1. The van der Waals surface area contributed by atoms with Crippen molar-refractivity contribution in [1.29, 1.82) is 0 Å². The van der Waals surface area contributed by atoms with Gasteiger partial charge in [0.25, 0.3) is 0 Å². The quantitative estimate of drug-likeness (QED) is 0.163. The van der Waals surface area contributed by atoms with Gasteiger partial charge in [0.05, 0.1) is 19.2 Å². The molecule has 0 saturated heterocycles. The van der Waals surface area contributed by atoms with Gasteiger partial charge in [-0.15, -0.1) is 0 Å². The number of carbonyl (C=O) groups is 5. The molecule has 0 aromatic carbocycles. The number of hydrogen-bond donors (Lipinski definition) is 1. The molecule has 1 amide bonds. The van der Waals surface area contributed by atoms with Gasteiger partial charge >= 0.3 is 23.9 Å². The van der Waals surface area contributed by atoms with Crippen LogP contribution in [-0.2, 0) is 47.7 Å². The summed E-state index contributed by atoms with van der Waals surface area (Å²) >= 11 is 0. The second kappa shape index (κ2) is 12.2. The van der Waals surface area contributed by atoms with Crippen LogP contribution >= 0.6 is 0 Å². The van der Waals surface area contributed by atoms with E-state index in [9.17, 15) is 24.0 Å². The van der Waals surface area contributed by atoms with Crippen LogP contribution in [0.5, 0.6) is 0 Å². The molecule has 32 heavy (non-hydrogen) atoms. The standard InChI is InChI=1S/C18H24N4O10/c1-8(23)20-15-12(21-22-19)6-13(18(27)28-5)32-17(15)16(31-11(4)26)14(30-10(3)25)7-29-9(2)24/h6,12,14-17H,7H2,1-5H3,(H,20,23)/t12-,14?,15-,16?,17-/m1/s1. The van der Waals surface area contributed by atoms with Crippen molar-refractivity contribution in [3.05, 3.63) is 22.3 Å². The third-order valence-electron chi connectivity index (χ3n) is 4.01. The van der Waals surface area contributed by atoms with Gasteiger partial charge in [0.15, 0.2) is 18.3 Å². The fourth-order valence-electron chi connectivity index (χ4n) is 2.92. The minimum absolute atomic E-state index is 0.400. The molecule has 1 rings (SSSR count). The molecule has 14 heteroatoms. The third kappa shape index (κ3) is 7.80. The Morgan fingerprint density at radius 3 is 2.22 bits per heavy atom. The lowest BCUT2D eigenvalue weighted by Gasteiger charge is -2.40. The van der Waals surface area contributed by atoms with E-state index in [1.807, 2.05) is 0 Å². The van der Waals surface area contributed by atoms with Crippen molar-refractivity contribution in [3.63, 3.8) is 0 Å². The molecule has 1 heterocycles. The molecule has 0 spiro atoms. The van der Waals surface area contributed by atoms with Gasteiger partial charge in [-0.1, -0.05) is 5.11 Å². The van der Waals surface area contributed by atoms with E-state index in [1.165, 1.54) is 6.92 Å². The van der Waals surface area contributed by atoms with Gasteiger partial charge in [0.2, 0.25) is 11.7 Å². The van der Waals surface area contributed by atoms with Gasteiger partial charge in [-0.2, -0.15) is 0 Å². The minimum atomic E-state index is -1.50. The first-order chi connectivity index (χ1) is 15.0. The number of ether oxygens (including phenoxy) is 5. The molecule has 1 aliphatic rings. The van der Waals surface area contributed by atoms with Crippen molar-refractivity contribution in [2.75, 3.05) is 13.7 Å². The lowest BCUT2D eigenvalue weighted by atomic mass is 9.92. The van der Waals surface area contributed by atoms with Crippen molar-refractivity contribution >= 4 is 29.8 Å². The van der Waals surface area contributed by atoms with Crippen LogP contribution in [-0.4, -0.2) is 73.9 Å². The van der Waals surface area contributed by atoms with Crippen LogP contribution in [0.3, 0.4) is 0 Å². The van der Waals surface area contributed by atoms with Gasteiger partial charge in [-0.25, -0.2) is 4.79 Å². The summed E-state index contributed by atoms with van der Waals surface area (Å²) in [5.41, 5.74) is 8.94. The largest absolute Gasteiger partial charge is 0.477 e. The van der Waals surface area contributed by atoms with Crippen molar-refractivity contribution in [3.8, 4) is 0 Å². The van der Waals surface area contributed by atoms with Crippen LogP contribution in [0.1, 0.15) is 27.7 Å². The minimum Gasteiger partial charge on any atom is -0.477 e. The molecular weight excluding hydrogens is 432 g/mol. The van der Waals surface area contributed by atoms with E-state index in [0.29, 0.717) is 0 Å². The molecule has 176 valence electrons. The average molecular weight is 456 g/mol. The van der Waals surface area contributed by atoms with Crippen LogP contribution in [0.15, 0.2) is 16.9 Å². The summed E-state index contributed by atoms with van der Waals surface area (Å²) in [6.45, 7) is 3.87. The Labute approximate surface area is 182 Å². The maximum Gasteiger partial charge on any atom is 0.372 e.